The minimum Gasteiger partial charge on any atom is -0.496 e. The van der Waals surface area contributed by atoms with E-state index in [4.69, 9.17) is 14.8 Å². The van der Waals surface area contributed by atoms with E-state index < -0.39 is 6.04 Å². The molecule has 4 aromatic rings. The van der Waals surface area contributed by atoms with Gasteiger partial charge in [-0.2, -0.15) is 4.98 Å². The summed E-state index contributed by atoms with van der Waals surface area (Å²) < 4.78 is 7.25. The van der Waals surface area contributed by atoms with E-state index >= 15 is 0 Å². The van der Waals surface area contributed by atoms with Crippen molar-refractivity contribution in [1.82, 2.24) is 19.7 Å². The number of nitrogens with zero attached hydrogens (tertiary/aromatic N) is 4. The Morgan fingerprint density at radius 3 is 2.81 bits per heavy atom. The van der Waals surface area contributed by atoms with E-state index in [9.17, 15) is 4.79 Å². The number of anilines is 2. The summed E-state index contributed by atoms with van der Waals surface area (Å²) >= 11 is 1.57. The highest BCUT2D eigenvalue weighted by atomic mass is 32.1. The average molecular weight is 445 g/mol. The first-order chi connectivity index (χ1) is 15.7. The molecule has 1 aliphatic rings. The van der Waals surface area contributed by atoms with E-state index in [-0.39, 0.29) is 5.91 Å². The molecular weight excluding hydrogens is 424 g/mol. The SMILES string of the molecule is COc1ccccc1-c1nc2n(n1)[C@H](c1cccs1)C(C(=O)Nc1cccnc1)=C(C)N2. The Bertz CT molecular complexity index is 1300. The zero-order valence-electron chi connectivity index (χ0n) is 17.4. The number of ether oxygens (including phenoxy) is 1. The second-order valence-corrected chi connectivity index (χ2v) is 8.16. The van der Waals surface area contributed by atoms with Gasteiger partial charge in [-0.3, -0.25) is 9.78 Å². The van der Waals surface area contributed by atoms with E-state index in [1.54, 1.807) is 47.7 Å². The summed E-state index contributed by atoms with van der Waals surface area (Å²) in [5.74, 6) is 1.55. The van der Waals surface area contributed by atoms with Crippen LogP contribution < -0.4 is 15.4 Å². The molecule has 1 aromatic carbocycles. The molecular formula is C23H20N6O2S. The Labute approximate surface area is 188 Å². The average Bonchev–Trinajstić information content (AvgIpc) is 3.49. The number of hydrogen-bond donors (Lipinski definition) is 2. The Morgan fingerprint density at radius 1 is 1.19 bits per heavy atom. The highest BCUT2D eigenvalue weighted by Gasteiger charge is 2.35. The quantitative estimate of drug-likeness (QED) is 0.476. The second-order valence-electron chi connectivity index (χ2n) is 7.18. The third kappa shape index (κ3) is 3.52. The van der Waals surface area contributed by atoms with Crippen molar-refractivity contribution in [3.63, 3.8) is 0 Å². The Kier molecular flexibility index (Phi) is 5.16. The van der Waals surface area contributed by atoms with Crippen LogP contribution in [0.15, 0.2) is 77.6 Å². The molecule has 0 unspecified atom stereocenters. The molecule has 0 aliphatic carbocycles. The van der Waals surface area contributed by atoms with Gasteiger partial charge in [-0.15, -0.1) is 16.4 Å². The number of amides is 1. The van der Waals surface area contributed by atoms with Crippen molar-refractivity contribution in [2.24, 2.45) is 0 Å². The van der Waals surface area contributed by atoms with Crippen LogP contribution in [0.2, 0.25) is 0 Å². The molecule has 32 heavy (non-hydrogen) atoms. The monoisotopic (exact) mass is 444 g/mol. The lowest BCUT2D eigenvalue weighted by Gasteiger charge is -2.27. The van der Waals surface area contributed by atoms with Crippen molar-refractivity contribution in [2.45, 2.75) is 13.0 Å². The predicted octanol–water partition coefficient (Wildman–Crippen LogP) is 4.34. The summed E-state index contributed by atoms with van der Waals surface area (Å²) in [6, 6.07) is 14.7. The number of aromatic nitrogens is 4. The number of allylic oxidation sites excluding steroid dienone is 1. The molecule has 9 heteroatoms. The molecule has 160 valence electrons. The Hall–Kier alpha value is -3.98. The summed E-state index contributed by atoms with van der Waals surface area (Å²) in [5.41, 5.74) is 2.70. The van der Waals surface area contributed by atoms with Crippen LogP contribution in [0.25, 0.3) is 11.4 Å². The van der Waals surface area contributed by atoms with Gasteiger partial charge >= 0.3 is 0 Å². The van der Waals surface area contributed by atoms with Crippen molar-refractivity contribution < 1.29 is 9.53 Å². The minimum absolute atomic E-state index is 0.221. The highest BCUT2D eigenvalue weighted by molar-refractivity contribution is 7.10. The van der Waals surface area contributed by atoms with Gasteiger partial charge in [0.2, 0.25) is 5.95 Å². The van der Waals surface area contributed by atoms with E-state index in [0.717, 1.165) is 16.1 Å². The lowest BCUT2D eigenvalue weighted by atomic mass is 10.0. The standard InChI is InChI=1S/C23H20N6O2S/c1-14-19(22(30)26-15-7-5-11-24-13-15)20(18-10-6-12-32-18)29-23(25-14)27-21(28-29)16-8-3-4-9-17(16)31-2/h3-13,20H,1-2H3,(H,26,30)(H,25,27,28)/t20-/m1/s1. The molecule has 0 radical (unpaired) electrons. The fourth-order valence-electron chi connectivity index (χ4n) is 3.73. The zero-order chi connectivity index (χ0) is 22.1. The van der Waals surface area contributed by atoms with Gasteiger partial charge in [0.1, 0.15) is 11.8 Å². The van der Waals surface area contributed by atoms with Crippen LogP contribution in [-0.2, 0) is 4.79 Å². The molecule has 0 bridgehead atoms. The third-order valence-corrected chi connectivity index (χ3v) is 6.10. The van der Waals surface area contributed by atoms with Crippen LogP contribution in [0.1, 0.15) is 17.8 Å². The fourth-order valence-corrected chi connectivity index (χ4v) is 4.55. The van der Waals surface area contributed by atoms with Gasteiger partial charge in [-0.05, 0) is 42.6 Å². The van der Waals surface area contributed by atoms with Gasteiger partial charge in [-0.25, -0.2) is 4.68 Å². The molecule has 0 saturated heterocycles. The molecule has 0 saturated carbocycles. The minimum atomic E-state index is -0.418. The van der Waals surface area contributed by atoms with Crippen LogP contribution in [0.3, 0.4) is 0 Å². The molecule has 3 aromatic heterocycles. The van der Waals surface area contributed by atoms with Crippen molar-refractivity contribution in [3.8, 4) is 17.1 Å². The van der Waals surface area contributed by atoms with Gasteiger partial charge < -0.3 is 15.4 Å². The predicted molar refractivity (Wildman–Crippen MR) is 124 cm³/mol. The number of benzene rings is 1. The number of hydrogen-bond acceptors (Lipinski definition) is 7. The number of methoxy groups -OCH3 is 1. The summed E-state index contributed by atoms with van der Waals surface area (Å²) in [6.45, 7) is 1.87. The Balaban J connectivity index is 1.59. The van der Waals surface area contributed by atoms with Gasteiger partial charge in [0, 0.05) is 16.8 Å². The lowest BCUT2D eigenvalue weighted by Crippen LogP contribution is -2.31. The Morgan fingerprint density at radius 2 is 2.06 bits per heavy atom. The fraction of sp³-hybridized carbons (Fsp3) is 0.130. The zero-order valence-corrected chi connectivity index (χ0v) is 18.3. The van der Waals surface area contributed by atoms with Crippen LogP contribution in [0.5, 0.6) is 5.75 Å². The van der Waals surface area contributed by atoms with Gasteiger partial charge in [-0.1, -0.05) is 18.2 Å². The number of nitrogens with one attached hydrogen (secondary N) is 2. The van der Waals surface area contributed by atoms with Crippen LogP contribution in [-0.4, -0.2) is 32.8 Å². The molecule has 5 rings (SSSR count). The van der Waals surface area contributed by atoms with Crippen molar-refractivity contribution >= 4 is 28.9 Å². The topological polar surface area (TPSA) is 94.0 Å². The van der Waals surface area contributed by atoms with E-state index in [0.29, 0.717) is 28.8 Å². The molecule has 8 nitrogen and oxygen atoms in total. The largest absolute Gasteiger partial charge is 0.496 e. The summed E-state index contributed by atoms with van der Waals surface area (Å²) in [7, 11) is 1.62. The summed E-state index contributed by atoms with van der Waals surface area (Å²) in [6.07, 6.45) is 3.28. The molecule has 1 atom stereocenters. The van der Waals surface area contributed by atoms with Gasteiger partial charge in [0.05, 0.1) is 30.1 Å². The number of thiophene rings is 1. The number of carbonyl (C=O) groups excluding carboxylic acids is 1. The number of carbonyl (C=O) groups is 1. The highest BCUT2D eigenvalue weighted by Crippen LogP contribution is 2.39. The first-order valence-corrected chi connectivity index (χ1v) is 10.9. The molecule has 1 aliphatic heterocycles. The smallest absolute Gasteiger partial charge is 0.255 e. The first-order valence-electron chi connectivity index (χ1n) is 9.98. The molecule has 4 heterocycles. The summed E-state index contributed by atoms with van der Waals surface area (Å²) in [4.78, 5) is 23.1. The second kappa shape index (κ2) is 8.27. The van der Waals surface area contributed by atoms with E-state index in [2.05, 4.69) is 15.6 Å². The van der Waals surface area contributed by atoms with Crippen LogP contribution in [0, 0.1) is 0 Å². The van der Waals surface area contributed by atoms with Gasteiger partial charge in [0.25, 0.3) is 5.91 Å². The van der Waals surface area contributed by atoms with Crippen molar-refractivity contribution in [3.05, 3.63) is 82.5 Å². The van der Waals surface area contributed by atoms with Crippen LogP contribution >= 0.6 is 11.3 Å². The molecule has 2 N–H and O–H groups in total. The molecule has 0 spiro atoms. The first kappa shape index (κ1) is 20.0. The van der Waals surface area contributed by atoms with E-state index in [1.165, 1.54) is 0 Å². The maximum Gasteiger partial charge on any atom is 0.255 e. The number of rotatable bonds is 5. The van der Waals surface area contributed by atoms with Crippen LogP contribution in [0.4, 0.5) is 11.6 Å². The molecule has 0 fully saturated rings. The van der Waals surface area contributed by atoms with Gasteiger partial charge in [0.15, 0.2) is 5.82 Å². The maximum atomic E-state index is 13.4. The van der Waals surface area contributed by atoms with Crippen molar-refractivity contribution in [2.75, 3.05) is 17.7 Å². The molecule has 1 amide bonds. The normalized spacial score (nSPS) is 15.1. The van der Waals surface area contributed by atoms with E-state index in [1.807, 2.05) is 48.7 Å². The third-order valence-electron chi connectivity index (χ3n) is 5.18. The lowest BCUT2D eigenvalue weighted by molar-refractivity contribution is -0.113. The van der Waals surface area contributed by atoms with Crippen molar-refractivity contribution in [1.29, 1.82) is 0 Å². The maximum absolute atomic E-state index is 13.4. The number of pyridine rings is 1. The summed E-state index contributed by atoms with van der Waals surface area (Å²) in [5, 5.41) is 13.0. The number of fused-ring (bicyclic) bond motifs is 1. The number of para-hydroxylation sites is 1.